The number of nitrogens with zero attached hydrogens (tertiary/aromatic N) is 1. The fourth-order valence-corrected chi connectivity index (χ4v) is 3.28. The van der Waals surface area contributed by atoms with Gasteiger partial charge in [-0.3, -0.25) is 0 Å². The Bertz CT molecular complexity index is 523. The fraction of sp³-hybridized carbons (Fsp3) is 0.462. The Labute approximate surface area is 128 Å². The maximum absolute atomic E-state index is 5.47. The fourth-order valence-electron chi connectivity index (χ4n) is 2.24. The lowest BCUT2D eigenvalue weighted by molar-refractivity contribution is -0.675. The van der Waals surface area contributed by atoms with Gasteiger partial charge in [0.25, 0.3) is 0 Å². The van der Waals surface area contributed by atoms with Crippen LogP contribution >= 0.6 is 11.3 Å². The van der Waals surface area contributed by atoms with Gasteiger partial charge < -0.3 is 33.5 Å². The molecular weight excluding hydrogens is 361 g/mol. The summed E-state index contributed by atoms with van der Waals surface area (Å²) in [5.74, 6) is 0. The Balaban J connectivity index is 0.00000120. The van der Waals surface area contributed by atoms with E-state index in [1.165, 1.54) is 15.2 Å². The molecule has 1 fully saturated rings. The molecule has 5 heteroatoms. The molecule has 0 atom stereocenters. The highest BCUT2D eigenvalue weighted by Gasteiger charge is 2.21. The van der Waals surface area contributed by atoms with Crippen LogP contribution in [-0.4, -0.2) is 19.5 Å². The Morgan fingerprint density at radius 3 is 2.78 bits per heavy atom. The normalized spacial score (nSPS) is 16.1. The number of hydrogen-bond acceptors (Lipinski definition) is 3. The highest BCUT2D eigenvalue weighted by atomic mass is 127. The van der Waals surface area contributed by atoms with E-state index in [9.17, 15) is 0 Å². The van der Waals surface area contributed by atoms with Crippen molar-refractivity contribution in [1.29, 1.82) is 0 Å². The quantitative estimate of drug-likeness (QED) is 0.520. The second kappa shape index (κ2) is 6.27. The van der Waals surface area contributed by atoms with Gasteiger partial charge >= 0.3 is 0 Å². The zero-order chi connectivity index (χ0) is 11.7. The zero-order valence-corrected chi connectivity index (χ0v) is 13.2. The van der Waals surface area contributed by atoms with Crippen molar-refractivity contribution < 1.29 is 38.0 Å². The lowest BCUT2D eigenvalue weighted by Crippen LogP contribution is -3.00. The Morgan fingerprint density at radius 1 is 1.28 bits per heavy atom. The number of fused-ring (bicyclic) bond motifs is 1. The van der Waals surface area contributed by atoms with Crippen molar-refractivity contribution in [1.82, 2.24) is 0 Å². The lowest BCUT2D eigenvalue weighted by Gasteiger charge is -2.05. The molecule has 2 aromatic rings. The van der Waals surface area contributed by atoms with E-state index in [0.717, 1.165) is 26.2 Å². The average Bonchev–Trinajstić information content (AvgIpc) is 2.93. The van der Waals surface area contributed by atoms with E-state index in [1.54, 1.807) is 0 Å². The van der Waals surface area contributed by atoms with E-state index in [0.29, 0.717) is 0 Å². The summed E-state index contributed by atoms with van der Waals surface area (Å²) in [6, 6.07) is 8.53. The smallest absolute Gasteiger partial charge is 0.235 e. The first-order valence-corrected chi connectivity index (χ1v) is 6.77. The van der Waals surface area contributed by atoms with Gasteiger partial charge in [0.05, 0.1) is 19.6 Å². The average molecular weight is 377 g/mol. The number of halogens is 1. The van der Waals surface area contributed by atoms with Crippen LogP contribution in [0.5, 0.6) is 0 Å². The summed E-state index contributed by atoms with van der Waals surface area (Å²) in [6.45, 7) is 4.60. The Kier molecular flexibility index (Phi) is 4.94. The van der Waals surface area contributed by atoms with Crippen molar-refractivity contribution in [3.63, 3.8) is 0 Å². The molecule has 0 amide bonds. The van der Waals surface area contributed by atoms with Crippen molar-refractivity contribution in [2.45, 2.75) is 26.2 Å². The minimum absolute atomic E-state index is 0. The van der Waals surface area contributed by atoms with Crippen LogP contribution in [0.15, 0.2) is 24.3 Å². The molecule has 1 aliphatic heterocycles. The molecule has 0 aliphatic carbocycles. The molecule has 3 nitrogen and oxygen atoms in total. The number of aromatic nitrogens is 1. The van der Waals surface area contributed by atoms with Gasteiger partial charge in [0.15, 0.2) is 12.8 Å². The van der Waals surface area contributed by atoms with Crippen molar-refractivity contribution in [3.8, 4) is 0 Å². The Hall–Kier alpha value is -0.240. The van der Waals surface area contributed by atoms with Gasteiger partial charge in [0, 0.05) is 13.0 Å². The molecule has 0 unspecified atom stereocenters. The number of thiazole rings is 1. The minimum Gasteiger partial charge on any atom is -1.00 e. The first kappa shape index (κ1) is 14.2. The standard InChI is InChI=1S/C13H16NO2S.HI/c1-10-14(7-6-13-15-8-9-16-13)11-4-2-3-5-12(11)17-10;/h2-5,13H,6-9H2,1H3;1H/q+1;/p-1. The molecule has 18 heavy (non-hydrogen) atoms. The molecule has 98 valence electrons. The van der Waals surface area contributed by atoms with Gasteiger partial charge in [0.1, 0.15) is 4.70 Å². The second-order valence-corrected chi connectivity index (χ2v) is 5.44. The summed E-state index contributed by atoms with van der Waals surface area (Å²) in [5.41, 5.74) is 1.31. The summed E-state index contributed by atoms with van der Waals surface area (Å²) >= 11 is 1.84. The van der Waals surface area contributed by atoms with Crippen molar-refractivity contribution in [2.24, 2.45) is 0 Å². The molecule has 1 aliphatic rings. The predicted molar refractivity (Wildman–Crippen MR) is 67.1 cm³/mol. The van der Waals surface area contributed by atoms with Gasteiger partial charge in [-0.2, -0.15) is 4.57 Å². The zero-order valence-electron chi connectivity index (χ0n) is 10.3. The number of aryl methyl sites for hydroxylation is 2. The maximum atomic E-state index is 5.47. The van der Waals surface area contributed by atoms with Gasteiger partial charge in [-0.05, 0) is 6.07 Å². The summed E-state index contributed by atoms with van der Waals surface area (Å²) in [7, 11) is 0. The van der Waals surface area contributed by atoms with E-state index >= 15 is 0 Å². The van der Waals surface area contributed by atoms with E-state index in [-0.39, 0.29) is 30.3 Å². The molecule has 1 saturated heterocycles. The number of benzene rings is 1. The van der Waals surface area contributed by atoms with Crippen LogP contribution in [-0.2, 0) is 16.0 Å². The van der Waals surface area contributed by atoms with Crippen LogP contribution in [0.2, 0.25) is 0 Å². The molecule has 0 radical (unpaired) electrons. The highest BCUT2D eigenvalue weighted by molar-refractivity contribution is 7.18. The molecule has 0 spiro atoms. The first-order chi connectivity index (χ1) is 8.34. The van der Waals surface area contributed by atoms with Crippen LogP contribution in [0, 0.1) is 6.92 Å². The van der Waals surface area contributed by atoms with Crippen LogP contribution in [0.4, 0.5) is 0 Å². The molecule has 2 heterocycles. The van der Waals surface area contributed by atoms with Crippen LogP contribution < -0.4 is 28.5 Å². The molecule has 0 saturated carbocycles. The van der Waals surface area contributed by atoms with Gasteiger partial charge in [0.2, 0.25) is 10.5 Å². The summed E-state index contributed by atoms with van der Waals surface area (Å²) in [5, 5.41) is 1.34. The third-order valence-electron chi connectivity index (χ3n) is 3.07. The first-order valence-electron chi connectivity index (χ1n) is 5.96. The monoisotopic (exact) mass is 377 g/mol. The van der Waals surface area contributed by atoms with E-state index in [4.69, 9.17) is 9.47 Å². The molecule has 0 N–H and O–H groups in total. The topological polar surface area (TPSA) is 22.3 Å². The summed E-state index contributed by atoms with van der Waals surface area (Å²) in [6.07, 6.45) is 0.909. The number of ether oxygens (including phenoxy) is 2. The number of hydrogen-bond donors (Lipinski definition) is 0. The van der Waals surface area contributed by atoms with E-state index in [1.807, 2.05) is 11.3 Å². The molecule has 1 aromatic heterocycles. The van der Waals surface area contributed by atoms with Crippen molar-refractivity contribution >= 4 is 21.6 Å². The van der Waals surface area contributed by atoms with Crippen molar-refractivity contribution in [2.75, 3.05) is 13.2 Å². The van der Waals surface area contributed by atoms with Crippen LogP contribution in [0.25, 0.3) is 10.2 Å². The number of para-hydroxylation sites is 1. The predicted octanol–water partition coefficient (Wildman–Crippen LogP) is -0.736. The third-order valence-corrected chi connectivity index (χ3v) is 4.15. The van der Waals surface area contributed by atoms with Crippen LogP contribution in [0.1, 0.15) is 11.4 Å². The molecule has 0 bridgehead atoms. The minimum atomic E-state index is -0.0134. The summed E-state index contributed by atoms with van der Waals surface area (Å²) < 4.78 is 14.6. The Morgan fingerprint density at radius 2 is 2.00 bits per heavy atom. The van der Waals surface area contributed by atoms with Gasteiger partial charge in [-0.1, -0.05) is 23.5 Å². The second-order valence-electron chi connectivity index (χ2n) is 4.20. The third kappa shape index (κ3) is 2.84. The van der Waals surface area contributed by atoms with E-state index < -0.39 is 0 Å². The van der Waals surface area contributed by atoms with Crippen LogP contribution in [0.3, 0.4) is 0 Å². The van der Waals surface area contributed by atoms with Gasteiger partial charge in [-0.15, -0.1) is 0 Å². The number of rotatable bonds is 3. The summed E-state index contributed by atoms with van der Waals surface area (Å²) in [4.78, 5) is 0. The largest absolute Gasteiger partial charge is 1.00 e. The molecule has 1 aromatic carbocycles. The maximum Gasteiger partial charge on any atom is 0.235 e. The highest BCUT2D eigenvalue weighted by Crippen LogP contribution is 2.19. The lowest BCUT2D eigenvalue weighted by atomic mass is 10.3. The van der Waals surface area contributed by atoms with E-state index in [2.05, 4.69) is 35.8 Å². The molecular formula is C13H16INO2S. The SMILES string of the molecule is Cc1sc2ccccc2[n+]1CCC1OCCO1.[I-]. The van der Waals surface area contributed by atoms with Crippen molar-refractivity contribution in [3.05, 3.63) is 29.3 Å². The molecule has 3 rings (SSSR count). The van der Waals surface area contributed by atoms with Gasteiger partial charge in [-0.25, -0.2) is 0 Å².